The van der Waals surface area contributed by atoms with Crippen LogP contribution in [-0.2, 0) is 4.79 Å². The summed E-state index contributed by atoms with van der Waals surface area (Å²) < 4.78 is 0. The molecule has 2 aliphatic rings. The second-order valence-electron chi connectivity index (χ2n) is 3.72. The van der Waals surface area contributed by atoms with Crippen LogP contribution in [0.25, 0.3) is 0 Å². The van der Waals surface area contributed by atoms with E-state index in [1.54, 1.807) is 6.92 Å². The molecule has 0 spiro atoms. The Kier molecular flexibility index (Phi) is 1.91. The van der Waals surface area contributed by atoms with Crippen LogP contribution < -0.4 is 0 Å². The first kappa shape index (κ1) is 7.84. The fourth-order valence-electron chi connectivity index (χ4n) is 2.30. The Balaban J connectivity index is 2.20. The highest BCUT2D eigenvalue weighted by Gasteiger charge is 2.30. The van der Waals surface area contributed by atoms with E-state index < -0.39 is 0 Å². The van der Waals surface area contributed by atoms with Gasteiger partial charge < -0.3 is 4.90 Å². The summed E-state index contributed by atoms with van der Waals surface area (Å²) >= 11 is 0. The van der Waals surface area contributed by atoms with Crippen molar-refractivity contribution in [2.45, 2.75) is 32.6 Å². The molecule has 1 fully saturated rings. The van der Waals surface area contributed by atoms with Gasteiger partial charge in [-0.15, -0.1) is 0 Å². The third-order valence-electron chi connectivity index (χ3n) is 2.92. The molecule has 2 heteroatoms. The number of likely N-dealkylation sites (tertiary alicyclic amines) is 1. The molecule has 66 valence electrons. The molecule has 1 unspecified atom stereocenters. The molecule has 1 atom stereocenters. The number of carbonyl (C=O) groups excluding carboxylic acids is 1. The van der Waals surface area contributed by atoms with E-state index in [0.717, 1.165) is 13.0 Å². The molecule has 0 aromatic heterocycles. The van der Waals surface area contributed by atoms with Gasteiger partial charge in [-0.2, -0.15) is 0 Å². The van der Waals surface area contributed by atoms with Gasteiger partial charge in [-0.1, -0.05) is 6.08 Å². The van der Waals surface area contributed by atoms with Crippen LogP contribution in [0, 0.1) is 5.92 Å². The van der Waals surface area contributed by atoms with Gasteiger partial charge in [-0.05, 0) is 25.7 Å². The van der Waals surface area contributed by atoms with E-state index in [-0.39, 0.29) is 5.91 Å². The molecule has 0 aromatic rings. The number of nitrogens with zero attached hydrogens (tertiary/aromatic N) is 1. The largest absolute Gasteiger partial charge is 0.316 e. The van der Waals surface area contributed by atoms with Crippen molar-refractivity contribution in [2.75, 3.05) is 6.54 Å². The van der Waals surface area contributed by atoms with E-state index in [9.17, 15) is 4.79 Å². The summed E-state index contributed by atoms with van der Waals surface area (Å²) in [6, 6.07) is 0. The predicted octanol–water partition coefficient (Wildman–Crippen LogP) is 1.92. The van der Waals surface area contributed by atoms with Crippen LogP contribution in [0.1, 0.15) is 32.6 Å². The highest BCUT2D eigenvalue weighted by Crippen LogP contribution is 2.35. The number of allylic oxidation sites excluding steroid dienone is 2. The molecule has 1 aliphatic carbocycles. The lowest BCUT2D eigenvalue weighted by Crippen LogP contribution is -2.24. The van der Waals surface area contributed by atoms with Gasteiger partial charge in [0.15, 0.2) is 0 Å². The first-order valence-corrected chi connectivity index (χ1v) is 4.77. The molecule has 0 bridgehead atoms. The summed E-state index contributed by atoms with van der Waals surface area (Å²) in [5.41, 5.74) is 1.31. The molecule has 0 radical (unpaired) electrons. The van der Waals surface area contributed by atoms with E-state index >= 15 is 0 Å². The lowest BCUT2D eigenvalue weighted by Gasteiger charge is -2.22. The first-order valence-electron chi connectivity index (χ1n) is 4.77. The van der Waals surface area contributed by atoms with E-state index in [2.05, 4.69) is 6.08 Å². The Morgan fingerprint density at radius 1 is 1.58 bits per heavy atom. The Morgan fingerprint density at radius 2 is 2.42 bits per heavy atom. The number of rotatable bonds is 0. The van der Waals surface area contributed by atoms with Crippen molar-refractivity contribution in [1.82, 2.24) is 4.90 Å². The van der Waals surface area contributed by atoms with E-state index in [1.165, 1.54) is 25.0 Å². The Morgan fingerprint density at radius 3 is 3.17 bits per heavy atom. The maximum Gasteiger partial charge on any atom is 0.223 e. The van der Waals surface area contributed by atoms with E-state index in [4.69, 9.17) is 0 Å². The summed E-state index contributed by atoms with van der Waals surface area (Å²) in [7, 11) is 0. The molecule has 1 aliphatic heterocycles. The van der Waals surface area contributed by atoms with Crippen LogP contribution in [0.4, 0.5) is 0 Å². The fourth-order valence-corrected chi connectivity index (χ4v) is 2.30. The van der Waals surface area contributed by atoms with Crippen LogP contribution in [0.15, 0.2) is 11.8 Å². The molecule has 0 aromatic carbocycles. The molecule has 1 amide bonds. The van der Waals surface area contributed by atoms with Crippen molar-refractivity contribution in [1.29, 1.82) is 0 Å². The lowest BCUT2D eigenvalue weighted by molar-refractivity contribution is -0.126. The van der Waals surface area contributed by atoms with Crippen molar-refractivity contribution in [3.63, 3.8) is 0 Å². The van der Waals surface area contributed by atoms with Gasteiger partial charge in [0.05, 0.1) is 0 Å². The van der Waals surface area contributed by atoms with E-state index in [0.29, 0.717) is 5.92 Å². The fraction of sp³-hybridized carbons (Fsp3) is 0.700. The summed E-state index contributed by atoms with van der Waals surface area (Å²) in [5.74, 6) is 0.910. The molecule has 1 heterocycles. The average molecular weight is 165 g/mol. The van der Waals surface area contributed by atoms with Gasteiger partial charge in [0, 0.05) is 25.1 Å². The Bertz CT molecular complexity index is 232. The lowest BCUT2D eigenvalue weighted by atomic mass is 9.92. The number of fused-ring (bicyclic) bond motifs is 1. The standard InChI is InChI=1S/C10H15NO/c1-8(12)11-7-6-9-4-2-3-5-10(9)11/h5,9H,2-4,6-7H2,1H3. The molecule has 2 nitrogen and oxygen atoms in total. The Labute approximate surface area is 73.2 Å². The third-order valence-corrected chi connectivity index (χ3v) is 2.92. The molecule has 0 N–H and O–H groups in total. The number of carbonyl (C=O) groups is 1. The predicted molar refractivity (Wildman–Crippen MR) is 47.4 cm³/mol. The molecular formula is C10H15NO. The monoisotopic (exact) mass is 165 g/mol. The summed E-state index contributed by atoms with van der Waals surface area (Å²) in [6.45, 7) is 2.61. The maximum atomic E-state index is 11.2. The molecule has 2 rings (SSSR count). The second kappa shape index (κ2) is 2.92. The van der Waals surface area contributed by atoms with Crippen molar-refractivity contribution in [2.24, 2.45) is 5.92 Å². The summed E-state index contributed by atoms with van der Waals surface area (Å²) in [6.07, 6.45) is 7.19. The van der Waals surface area contributed by atoms with Crippen LogP contribution in [0.5, 0.6) is 0 Å². The van der Waals surface area contributed by atoms with Gasteiger partial charge in [-0.25, -0.2) is 0 Å². The summed E-state index contributed by atoms with van der Waals surface area (Å²) in [4.78, 5) is 13.1. The highest BCUT2D eigenvalue weighted by molar-refractivity contribution is 5.75. The molecule has 0 saturated carbocycles. The SMILES string of the molecule is CC(=O)N1CCC2CCCC=C21. The number of amides is 1. The zero-order valence-corrected chi connectivity index (χ0v) is 7.55. The zero-order valence-electron chi connectivity index (χ0n) is 7.55. The number of hydrogen-bond acceptors (Lipinski definition) is 1. The molecule has 1 saturated heterocycles. The van der Waals surface area contributed by atoms with Crippen LogP contribution in [-0.4, -0.2) is 17.4 Å². The van der Waals surface area contributed by atoms with Crippen molar-refractivity contribution >= 4 is 5.91 Å². The zero-order chi connectivity index (χ0) is 8.55. The maximum absolute atomic E-state index is 11.2. The van der Waals surface area contributed by atoms with Gasteiger partial charge in [0.25, 0.3) is 0 Å². The Hall–Kier alpha value is -0.790. The molecular weight excluding hydrogens is 150 g/mol. The average Bonchev–Trinajstić information content (AvgIpc) is 2.47. The van der Waals surface area contributed by atoms with E-state index in [1.807, 2.05) is 4.90 Å². The smallest absolute Gasteiger partial charge is 0.223 e. The van der Waals surface area contributed by atoms with Gasteiger partial charge >= 0.3 is 0 Å². The minimum atomic E-state index is 0.214. The van der Waals surface area contributed by atoms with Crippen LogP contribution in [0.3, 0.4) is 0 Å². The van der Waals surface area contributed by atoms with Crippen LogP contribution >= 0.6 is 0 Å². The van der Waals surface area contributed by atoms with Crippen molar-refractivity contribution in [3.05, 3.63) is 11.8 Å². The third kappa shape index (κ3) is 1.15. The van der Waals surface area contributed by atoms with Gasteiger partial charge in [0.2, 0.25) is 5.91 Å². The quantitative estimate of drug-likeness (QED) is 0.537. The topological polar surface area (TPSA) is 20.3 Å². The van der Waals surface area contributed by atoms with Crippen molar-refractivity contribution < 1.29 is 4.79 Å². The van der Waals surface area contributed by atoms with Gasteiger partial charge in [-0.3, -0.25) is 4.79 Å². The molecule has 12 heavy (non-hydrogen) atoms. The highest BCUT2D eigenvalue weighted by atomic mass is 16.2. The normalized spacial score (nSPS) is 28.2. The van der Waals surface area contributed by atoms with Crippen molar-refractivity contribution in [3.8, 4) is 0 Å². The first-order chi connectivity index (χ1) is 5.79. The number of hydrogen-bond donors (Lipinski definition) is 0. The van der Waals surface area contributed by atoms with Crippen LogP contribution in [0.2, 0.25) is 0 Å². The minimum Gasteiger partial charge on any atom is -0.316 e. The second-order valence-corrected chi connectivity index (χ2v) is 3.72. The minimum absolute atomic E-state index is 0.214. The van der Waals surface area contributed by atoms with Gasteiger partial charge in [0.1, 0.15) is 0 Å². The summed E-state index contributed by atoms with van der Waals surface area (Å²) in [5, 5.41) is 0.